The molecule has 1 saturated heterocycles. The second-order valence-corrected chi connectivity index (χ2v) is 6.13. The summed E-state index contributed by atoms with van der Waals surface area (Å²) in [6, 6.07) is 0. The van der Waals surface area contributed by atoms with Crippen LogP contribution in [0, 0.1) is 0 Å². The first-order valence-corrected chi connectivity index (χ1v) is 8.17. The lowest BCUT2D eigenvalue weighted by Crippen LogP contribution is -2.45. The van der Waals surface area contributed by atoms with Gasteiger partial charge in [0.1, 0.15) is 0 Å². The number of carboxylic acid groups (broad SMARTS) is 1. The first-order chi connectivity index (χ1) is 9.58. The van der Waals surface area contributed by atoms with Crippen LogP contribution in [-0.2, 0) is 9.59 Å². The molecule has 0 radical (unpaired) electrons. The van der Waals surface area contributed by atoms with Gasteiger partial charge < -0.3 is 10.0 Å². The van der Waals surface area contributed by atoms with Crippen LogP contribution in [0.25, 0.3) is 0 Å². The van der Waals surface area contributed by atoms with Gasteiger partial charge in [0.25, 0.3) is 0 Å². The smallest absolute Gasteiger partial charge is 0.304 e. The van der Waals surface area contributed by atoms with Crippen molar-refractivity contribution in [2.75, 3.05) is 19.6 Å². The molecule has 0 spiro atoms. The summed E-state index contributed by atoms with van der Waals surface area (Å²) in [6.45, 7) is 6.09. The standard InChI is InChI=1S/C14H24N2O3S/c1-3-5-7-15-14-16(8-6-4-2)10-11(17)12(20-14)9-13(18)19/h12H,3-10H2,1-2H3,(H,18,19). The van der Waals surface area contributed by atoms with E-state index in [1.54, 1.807) is 0 Å². The maximum atomic E-state index is 12.0. The summed E-state index contributed by atoms with van der Waals surface area (Å²) in [7, 11) is 0. The zero-order valence-electron chi connectivity index (χ0n) is 12.3. The normalized spacial score (nSPS) is 21.5. The topological polar surface area (TPSA) is 70.0 Å². The molecule has 1 aliphatic heterocycles. The first-order valence-electron chi connectivity index (χ1n) is 7.29. The molecule has 0 aromatic rings. The average molecular weight is 300 g/mol. The lowest BCUT2D eigenvalue weighted by molar-refractivity contribution is -0.138. The van der Waals surface area contributed by atoms with E-state index in [1.807, 2.05) is 4.90 Å². The minimum absolute atomic E-state index is 0.00273. The molecule has 6 heteroatoms. The number of hydrogen-bond acceptors (Lipinski definition) is 4. The molecule has 0 amide bonds. The highest BCUT2D eigenvalue weighted by molar-refractivity contribution is 8.15. The number of thioether (sulfide) groups is 1. The Morgan fingerprint density at radius 3 is 2.70 bits per heavy atom. The van der Waals surface area contributed by atoms with Crippen molar-refractivity contribution >= 4 is 28.7 Å². The van der Waals surface area contributed by atoms with Crippen LogP contribution in [0.4, 0.5) is 0 Å². The van der Waals surface area contributed by atoms with Crippen molar-refractivity contribution in [3.05, 3.63) is 0 Å². The molecule has 0 aliphatic carbocycles. The third kappa shape index (κ3) is 5.53. The van der Waals surface area contributed by atoms with E-state index in [2.05, 4.69) is 18.8 Å². The highest BCUT2D eigenvalue weighted by atomic mass is 32.2. The molecule has 0 bridgehead atoms. The van der Waals surface area contributed by atoms with E-state index >= 15 is 0 Å². The van der Waals surface area contributed by atoms with Crippen LogP contribution in [0.3, 0.4) is 0 Å². The number of rotatable bonds is 8. The van der Waals surface area contributed by atoms with Gasteiger partial charge in [-0.2, -0.15) is 0 Å². The minimum atomic E-state index is -0.925. The lowest BCUT2D eigenvalue weighted by atomic mass is 10.2. The Bertz CT molecular complexity index is 371. The van der Waals surface area contributed by atoms with Crippen LogP contribution >= 0.6 is 11.8 Å². The second kappa shape index (κ2) is 9.00. The molecule has 1 N–H and O–H groups in total. The van der Waals surface area contributed by atoms with Gasteiger partial charge in [-0.1, -0.05) is 38.5 Å². The fourth-order valence-electron chi connectivity index (χ4n) is 1.93. The number of hydrogen-bond donors (Lipinski definition) is 1. The van der Waals surface area contributed by atoms with Crippen LogP contribution < -0.4 is 0 Å². The molecule has 0 saturated carbocycles. The maximum Gasteiger partial charge on any atom is 0.304 e. The summed E-state index contributed by atoms with van der Waals surface area (Å²) in [5.41, 5.74) is 0. The minimum Gasteiger partial charge on any atom is -0.481 e. The Kier molecular flexibility index (Phi) is 7.65. The average Bonchev–Trinajstić information content (AvgIpc) is 2.40. The molecule has 114 valence electrons. The van der Waals surface area contributed by atoms with Crippen molar-refractivity contribution in [1.82, 2.24) is 4.90 Å². The van der Waals surface area contributed by atoms with Crippen LogP contribution in [0.5, 0.6) is 0 Å². The Hall–Kier alpha value is -1.04. The highest BCUT2D eigenvalue weighted by Crippen LogP contribution is 2.26. The molecule has 5 nitrogen and oxygen atoms in total. The van der Waals surface area contributed by atoms with Gasteiger partial charge in [-0.3, -0.25) is 14.6 Å². The quantitative estimate of drug-likeness (QED) is 0.697. The first kappa shape index (κ1) is 17.0. The van der Waals surface area contributed by atoms with E-state index in [0.29, 0.717) is 6.54 Å². The predicted octanol–water partition coefficient (Wildman–Crippen LogP) is 2.40. The highest BCUT2D eigenvalue weighted by Gasteiger charge is 2.32. The number of carboxylic acids is 1. The molecule has 20 heavy (non-hydrogen) atoms. The SMILES string of the molecule is CCCCN=C1SC(CC(=O)O)C(=O)CN1CCCC. The van der Waals surface area contributed by atoms with Crippen molar-refractivity contribution < 1.29 is 14.7 Å². The summed E-state index contributed by atoms with van der Waals surface area (Å²) in [5, 5.41) is 9.24. The molecule has 1 rings (SSSR count). The summed E-state index contributed by atoms with van der Waals surface area (Å²) >= 11 is 1.32. The van der Waals surface area contributed by atoms with Crippen LogP contribution in [0.1, 0.15) is 46.0 Å². The molecule has 1 aliphatic rings. The number of Topliss-reactive ketones (excluding diaryl/α,β-unsaturated/α-hetero) is 1. The van der Waals surface area contributed by atoms with Gasteiger partial charge in [0.2, 0.25) is 0 Å². The predicted molar refractivity (Wildman–Crippen MR) is 82.3 cm³/mol. The summed E-state index contributed by atoms with van der Waals surface area (Å²) < 4.78 is 0. The monoisotopic (exact) mass is 300 g/mol. The van der Waals surface area contributed by atoms with Gasteiger partial charge in [-0.15, -0.1) is 0 Å². The number of nitrogens with zero attached hydrogens (tertiary/aromatic N) is 2. The molecule has 1 heterocycles. The van der Waals surface area contributed by atoms with Crippen LogP contribution in [0.2, 0.25) is 0 Å². The zero-order chi connectivity index (χ0) is 15.0. The third-order valence-electron chi connectivity index (χ3n) is 3.12. The summed E-state index contributed by atoms with van der Waals surface area (Å²) in [6.07, 6.45) is 4.06. The van der Waals surface area contributed by atoms with Gasteiger partial charge >= 0.3 is 5.97 Å². The van der Waals surface area contributed by atoms with Crippen LogP contribution in [-0.4, -0.2) is 51.8 Å². The van der Waals surface area contributed by atoms with Crippen molar-refractivity contribution in [3.8, 4) is 0 Å². The number of ketones is 1. The third-order valence-corrected chi connectivity index (χ3v) is 4.44. The number of carbonyl (C=O) groups excluding carboxylic acids is 1. The molecule has 0 aromatic heterocycles. The fraction of sp³-hybridized carbons (Fsp3) is 0.786. The lowest BCUT2D eigenvalue weighted by Gasteiger charge is -2.32. The Morgan fingerprint density at radius 1 is 1.40 bits per heavy atom. The van der Waals surface area contributed by atoms with E-state index in [0.717, 1.165) is 43.9 Å². The van der Waals surface area contributed by atoms with Gasteiger partial charge in [0, 0.05) is 13.1 Å². The number of aliphatic carboxylic acids is 1. The van der Waals surface area contributed by atoms with E-state index in [9.17, 15) is 9.59 Å². The van der Waals surface area contributed by atoms with E-state index in [4.69, 9.17) is 5.11 Å². The van der Waals surface area contributed by atoms with Crippen molar-refractivity contribution in [2.24, 2.45) is 4.99 Å². The van der Waals surface area contributed by atoms with E-state index in [-0.39, 0.29) is 12.2 Å². The maximum absolute atomic E-state index is 12.0. The van der Waals surface area contributed by atoms with Crippen molar-refractivity contribution in [3.63, 3.8) is 0 Å². The summed E-state index contributed by atoms with van der Waals surface area (Å²) in [5.74, 6) is -0.922. The Balaban J connectivity index is 2.72. The molecule has 0 aromatic carbocycles. The molecule has 1 atom stereocenters. The van der Waals surface area contributed by atoms with Gasteiger partial charge in [-0.05, 0) is 12.8 Å². The molecule has 1 unspecified atom stereocenters. The van der Waals surface area contributed by atoms with Gasteiger partial charge in [0.15, 0.2) is 11.0 Å². The van der Waals surface area contributed by atoms with Crippen molar-refractivity contribution in [2.45, 2.75) is 51.2 Å². The molecule has 1 fully saturated rings. The van der Waals surface area contributed by atoms with Crippen molar-refractivity contribution in [1.29, 1.82) is 0 Å². The van der Waals surface area contributed by atoms with E-state index in [1.165, 1.54) is 11.8 Å². The largest absolute Gasteiger partial charge is 0.481 e. The number of unbranched alkanes of at least 4 members (excludes halogenated alkanes) is 2. The Morgan fingerprint density at radius 2 is 2.10 bits per heavy atom. The zero-order valence-corrected chi connectivity index (χ0v) is 13.1. The second-order valence-electron chi connectivity index (χ2n) is 4.96. The summed E-state index contributed by atoms with van der Waals surface area (Å²) in [4.78, 5) is 29.4. The molecular formula is C14H24N2O3S. The number of aliphatic imine (C=N–C) groups is 1. The number of carbonyl (C=O) groups is 2. The molecular weight excluding hydrogens is 276 g/mol. The Labute approximate surface area is 124 Å². The van der Waals surface area contributed by atoms with Gasteiger partial charge in [-0.25, -0.2) is 0 Å². The number of amidine groups is 1. The van der Waals surface area contributed by atoms with Gasteiger partial charge in [0.05, 0.1) is 18.2 Å². The van der Waals surface area contributed by atoms with Crippen LogP contribution in [0.15, 0.2) is 4.99 Å². The fourth-order valence-corrected chi connectivity index (χ4v) is 3.09. The van der Waals surface area contributed by atoms with E-state index < -0.39 is 11.2 Å².